The van der Waals surface area contributed by atoms with Gasteiger partial charge in [0.25, 0.3) is 5.91 Å². The number of ketones is 2. The Bertz CT molecular complexity index is 3310. The first-order valence-electron chi connectivity index (χ1n) is 35.5. The van der Waals surface area contributed by atoms with Crippen molar-refractivity contribution in [2.24, 2.45) is 16.9 Å². The van der Waals surface area contributed by atoms with E-state index in [1.807, 2.05) is 6.08 Å². The highest BCUT2D eigenvalue weighted by Crippen LogP contribution is 2.49. The molecule has 5 saturated heterocycles. The van der Waals surface area contributed by atoms with Crippen LogP contribution < -0.4 is 27.4 Å². The van der Waals surface area contributed by atoms with Gasteiger partial charge < -0.3 is 141 Å². The van der Waals surface area contributed by atoms with E-state index in [1.165, 1.54) is 18.1 Å². The van der Waals surface area contributed by atoms with E-state index in [2.05, 4.69) is 75.4 Å². The summed E-state index contributed by atoms with van der Waals surface area (Å²) in [5, 5.41) is 129. The Hall–Kier alpha value is -6.03. The van der Waals surface area contributed by atoms with Gasteiger partial charge in [0, 0.05) is 26.7 Å². The van der Waals surface area contributed by atoms with E-state index in [1.54, 1.807) is 13.0 Å². The number of Topliss-reactive ketones (excluding diaryl/α,β-unsaturated/α-hetero) is 2. The monoisotopic (exact) mass is 1580 g/mol. The summed E-state index contributed by atoms with van der Waals surface area (Å²) in [4.78, 5) is 114. The van der Waals surface area contributed by atoms with E-state index in [0.717, 1.165) is 64.0 Å². The predicted octanol–water partition coefficient (Wildman–Crippen LogP) is -2.86. The summed E-state index contributed by atoms with van der Waals surface area (Å²) in [6.07, 6.45) is -35.6. The zero-order valence-corrected chi connectivity index (χ0v) is 63.1. The maximum atomic E-state index is 14.1. The summed E-state index contributed by atoms with van der Waals surface area (Å²) in [6.45, 7) is 16.8. The standard InChI is InChI=1S/C69H108N5O34P/c1-30(2)15-14-17-31(3)18-19-33(5)22-25-68(9,10)24-13-12-16-32(4)23-26-96-41(61(90)91)29-98-109(94,95)108-66-56(57(107-67(71)92)69(11,93)58(106-66)59(70)88)105-63-44(73-36(8)77)47(82)54(40(101-63)28-97-64-51(86)48(83)45(80)39(27-75)100-64)103-62-43(72-35(7)76)46(81)53(34(6)99-62)102-65-52(87)49(84)50(85)55(104-65)60(89)74-42-37(78)20-21-38(42)79/h13,15,18,23-24,34,39-58,62-66,75,80-87,93H,5,12,14,16-17,19-22,25-29H2,1-4,6-11H3,(H2,70,88)(H2,71,92)(H,72,76)(H,73,77)(H,74,89)(H,90,91)(H,94,95)/t34?,39?,40?,41-,43?,44?,45-,46-,47-,48+,49+,50-,51?,52?,53-,54-,55?,56?,57-,58?,62+,63+,64-,65-,66-,69+/m1/s1. The third kappa shape index (κ3) is 25.5. The number of carbonyl (C=O) groups excluding carboxylic acids is 7. The lowest BCUT2D eigenvalue weighted by Gasteiger charge is -2.52. The van der Waals surface area contributed by atoms with Gasteiger partial charge in [-0.05, 0) is 91.9 Å². The molecule has 39 nitrogen and oxygen atoms in total. The Kier molecular flexibility index (Phi) is 34.2. The molecule has 6 fully saturated rings. The van der Waals surface area contributed by atoms with Gasteiger partial charge in [0.15, 0.2) is 73.5 Å². The van der Waals surface area contributed by atoms with Crippen LogP contribution in [0.1, 0.15) is 127 Å². The minimum Gasteiger partial charge on any atom is -0.479 e. The summed E-state index contributed by atoms with van der Waals surface area (Å²) in [7, 11) is -5.85. The van der Waals surface area contributed by atoms with Gasteiger partial charge in [0.1, 0.15) is 97.0 Å². The number of hydrogen-bond acceptors (Lipinski definition) is 32. The number of phosphoric acid groups is 1. The lowest BCUT2D eigenvalue weighted by atomic mass is 9.85. The fourth-order valence-corrected chi connectivity index (χ4v) is 13.6. The van der Waals surface area contributed by atoms with E-state index in [4.69, 9.17) is 72.6 Å². The van der Waals surface area contributed by atoms with Crippen LogP contribution in [0.15, 0.2) is 59.3 Å². The van der Waals surface area contributed by atoms with Gasteiger partial charge >= 0.3 is 19.9 Å². The van der Waals surface area contributed by atoms with Crippen molar-refractivity contribution in [2.75, 3.05) is 26.4 Å². The number of amides is 5. The first kappa shape index (κ1) is 91.8. The van der Waals surface area contributed by atoms with Crippen LogP contribution in [-0.4, -0.2) is 300 Å². The Balaban J connectivity index is 1.25. The fourth-order valence-electron chi connectivity index (χ4n) is 12.8. The third-order valence-electron chi connectivity index (χ3n) is 19.0. The molecule has 0 bridgehead atoms. The maximum absolute atomic E-state index is 14.1. The normalized spacial score (nSPS) is 35.8. The average molecular weight is 1580 g/mol. The van der Waals surface area contributed by atoms with Crippen LogP contribution in [0, 0.1) is 5.41 Å². The van der Waals surface area contributed by atoms with Crippen molar-refractivity contribution in [3.8, 4) is 0 Å². The average Bonchev–Trinajstić information content (AvgIpc) is 1.80. The number of carboxylic acid groups (broad SMARTS) is 1. The molecular formula is C69H108N5O34P. The van der Waals surface area contributed by atoms with Gasteiger partial charge in [0.05, 0.1) is 32.5 Å². The molecule has 6 aliphatic rings. The number of nitrogens with one attached hydrogen (secondary N) is 3. The Labute approximate surface area is 628 Å². The molecule has 0 aromatic carbocycles. The molecule has 5 amide bonds. The highest BCUT2D eigenvalue weighted by Gasteiger charge is 2.63. The van der Waals surface area contributed by atoms with Crippen molar-refractivity contribution in [3.63, 3.8) is 0 Å². The van der Waals surface area contributed by atoms with E-state index in [0.29, 0.717) is 12.8 Å². The van der Waals surface area contributed by atoms with Crippen LogP contribution in [-0.2, 0) is 99.3 Å². The quantitative estimate of drug-likeness (QED) is 0.0169. The highest BCUT2D eigenvalue weighted by molar-refractivity contribution is 7.47. The number of nitrogens with two attached hydrogens (primary N) is 2. The second-order valence-electron chi connectivity index (χ2n) is 29.0. The van der Waals surface area contributed by atoms with Crippen LogP contribution in [0.25, 0.3) is 0 Å². The predicted molar refractivity (Wildman–Crippen MR) is 371 cm³/mol. The molecule has 0 aromatic rings. The number of rotatable bonds is 37. The number of aliphatic hydroxyl groups excluding tert-OH is 9. The van der Waals surface area contributed by atoms with Crippen molar-refractivity contribution < 1.29 is 165 Å². The van der Waals surface area contributed by atoms with E-state index in [9.17, 15) is 104 Å². The smallest absolute Gasteiger partial charge is 0.474 e. The lowest BCUT2D eigenvalue weighted by molar-refractivity contribution is -0.375. The molecule has 11 unspecified atom stereocenters. The molecule has 0 aromatic heterocycles. The number of aliphatic carboxylic acids is 1. The summed E-state index contributed by atoms with van der Waals surface area (Å²) in [5.74, 6) is -7.82. The summed E-state index contributed by atoms with van der Waals surface area (Å²) >= 11 is 0. The number of aliphatic hydroxyl groups is 10. The number of carbonyl (C=O) groups is 8. The SMILES string of the molecule is C=C(CC=C(C)CCC=C(C)C)CCC(C)(C)C=CCCC(C)=CCO[C@H](COP(=O)(O)O[C@H]1OC(C(N)=O)[C@@](C)(O)[C@H](OC(N)=O)C1O[C@@H]1OC(CO[C@@H]2OC(CO)[C@@H](O)[C@H](O)C2O)[C@@H](O[C@@H]2OC(C)[C@@H](O[C@@H]3OC(C(=O)NC4C(=O)CCC4=O)[C@H](O)[C@H](O)C3O)[C@H](O)C2NC(C)=O)[C@H](O)C1NC(C)=O)C(=O)O. The Morgan fingerprint density at radius 3 is 1.83 bits per heavy atom. The van der Waals surface area contributed by atoms with E-state index < -0.39 is 240 Å². The van der Waals surface area contributed by atoms with Crippen molar-refractivity contribution in [1.82, 2.24) is 16.0 Å². The second kappa shape index (κ2) is 40.6. The van der Waals surface area contributed by atoms with Crippen molar-refractivity contribution >= 4 is 55.1 Å². The van der Waals surface area contributed by atoms with Gasteiger partial charge in [-0.1, -0.05) is 73.1 Å². The summed E-state index contributed by atoms with van der Waals surface area (Å²) in [5.41, 5.74) is 12.5. The minimum atomic E-state index is -5.85. The van der Waals surface area contributed by atoms with Crippen LogP contribution in [0.2, 0.25) is 0 Å². The molecule has 0 spiro atoms. The number of primary amides is 2. The third-order valence-corrected chi connectivity index (χ3v) is 20.0. The molecule has 5 aliphatic heterocycles. The Morgan fingerprint density at radius 1 is 0.688 bits per heavy atom. The number of phosphoric ester groups is 1. The topological polar surface area (TPSA) is 605 Å². The van der Waals surface area contributed by atoms with Gasteiger partial charge in [0.2, 0.25) is 17.7 Å². The van der Waals surface area contributed by atoms with Crippen LogP contribution in [0.3, 0.4) is 0 Å². The molecule has 27 atom stereocenters. The number of carboxylic acids is 1. The summed E-state index contributed by atoms with van der Waals surface area (Å²) in [6, 6.07) is -5.63. The largest absolute Gasteiger partial charge is 0.479 e. The molecule has 6 rings (SSSR count). The lowest BCUT2D eigenvalue weighted by Crippen LogP contribution is -2.72. The number of ether oxygens (including phenoxy) is 11. The molecule has 1 saturated carbocycles. The van der Waals surface area contributed by atoms with Crippen LogP contribution >= 0.6 is 7.82 Å². The number of hydrogen-bond donors (Lipinski definition) is 17. The van der Waals surface area contributed by atoms with Crippen molar-refractivity contribution in [1.29, 1.82) is 0 Å². The molecular weight excluding hydrogens is 1470 g/mol. The van der Waals surface area contributed by atoms with Crippen molar-refractivity contribution in [2.45, 2.75) is 292 Å². The number of allylic oxidation sites excluding steroid dienone is 8. The van der Waals surface area contributed by atoms with Gasteiger partial charge in [-0.25, -0.2) is 14.2 Å². The molecule has 1 aliphatic carbocycles. The Morgan fingerprint density at radius 2 is 1.25 bits per heavy atom. The van der Waals surface area contributed by atoms with Crippen LogP contribution in [0.4, 0.5) is 4.79 Å². The second-order valence-corrected chi connectivity index (χ2v) is 30.4. The van der Waals surface area contributed by atoms with E-state index in [-0.39, 0.29) is 24.9 Å². The molecule has 19 N–H and O–H groups in total. The van der Waals surface area contributed by atoms with Crippen LogP contribution in [0.5, 0.6) is 0 Å². The molecule has 618 valence electrons. The van der Waals surface area contributed by atoms with Gasteiger partial charge in [-0.3, -0.25) is 37.8 Å². The van der Waals surface area contributed by atoms with Crippen molar-refractivity contribution in [3.05, 3.63) is 59.3 Å². The zero-order chi connectivity index (χ0) is 81.5. The first-order valence-corrected chi connectivity index (χ1v) is 37.0. The fraction of sp³-hybridized carbons (Fsp3) is 0.739. The summed E-state index contributed by atoms with van der Waals surface area (Å²) < 4.78 is 88.9. The zero-order valence-electron chi connectivity index (χ0n) is 62.2. The first-order chi connectivity index (χ1) is 50.9. The van der Waals surface area contributed by atoms with E-state index >= 15 is 0 Å². The molecule has 5 heterocycles. The maximum Gasteiger partial charge on any atom is 0.474 e. The van der Waals surface area contributed by atoms with Gasteiger partial charge in [-0.15, -0.1) is 0 Å². The van der Waals surface area contributed by atoms with Gasteiger partial charge in [-0.2, -0.15) is 0 Å². The molecule has 109 heavy (non-hydrogen) atoms. The molecule has 0 radical (unpaired) electrons. The molecule has 40 heteroatoms. The minimum absolute atomic E-state index is 0.147. The highest BCUT2D eigenvalue weighted by atomic mass is 31.2.